The minimum Gasteiger partial charge on any atom is -0.326 e. The van der Waals surface area contributed by atoms with Crippen LogP contribution in [-0.4, -0.2) is 9.78 Å². The molecule has 15 heavy (non-hydrogen) atoms. The average molecular weight is 207 g/mol. The number of aryl methyl sites for hydroxylation is 1. The molecule has 0 atom stereocenters. The van der Waals surface area contributed by atoms with Crippen LogP contribution in [0.5, 0.6) is 0 Å². The molecule has 0 aromatic carbocycles. The molecule has 1 aromatic rings. The lowest BCUT2D eigenvalue weighted by molar-refractivity contribution is 0.535. The molecule has 0 saturated heterocycles. The molecule has 84 valence electrons. The van der Waals surface area contributed by atoms with Crippen LogP contribution in [0.3, 0.4) is 0 Å². The van der Waals surface area contributed by atoms with Crippen molar-refractivity contribution in [2.24, 2.45) is 5.73 Å². The van der Waals surface area contributed by atoms with Gasteiger partial charge in [0, 0.05) is 24.3 Å². The number of unbranched alkanes of at least 4 members (excludes halogenated alkanes) is 3. The SMILES string of the molecule is C=CCCCCCn1ncc(CN)c1C. The second-order valence-corrected chi connectivity index (χ2v) is 3.82. The first kappa shape index (κ1) is 12.0. The highest BCUT2D eigenvalue weighted by Crippen LogP contribution is 2.08. The molecule has 0 aliphatic rings. The number of nitrogens with two attached hydrogens (primary N) is 1. The summed E-state index contributed by atoms with van der Waals surface area (Å²) in [6, 6.07) is 0. The minimum absolute atomic E-state index is 0.586. The van der Waals surface area contributed by atoms with Gasteiger partial charge in [0.05, 0.1) is 6.20 Å². The van der Waals surface area contributed by atoms with E-state index in [4.69, 9.17) is 5.73 Å². The molecule has 0 spiro atoms. The molecular formula is C12H21N3. The first-order valence-corrected chi connectivity index (χ1v) is 5.62. The van der Waals surface area contributed by atoms with Crippen LogP contribution in [-0.2, 0) is 13.1 Å². The summed E-state index contributed by atoms with van der Waals surface area (Å²) in [5.74, 6) is 0. The van der Waals surface area contributed by atoms with Crippen LogP contribution in [0.25, 0.3) is 0 Å². The quantitative estimate of drug-likeness (QED) is 0.551. The summed E-state index contributed by atoms with van der Waals surface area (Å²) in [6.45, 7) is 7.38. The van der Waals surface area contributed by atoms with Crippen molar-refractivity contribution in [2.75, 3.05) is 0 Å². The maximum absolute atomic E-state index is 5.59. The van der Waals surface area contributed by atoms with Gasteiger partial charge in [-0.1, -0.05) is 12.5 Å². The Morgan fingerprint density at radius 2 is 2.27 bits per heavy atom. The van der Waals surface area contributed by atoms with Crippen LogP contribution in [0.1, 0.15) is 36.9 Å². The summed E-state index contributed by atoms with van der Waals surface area (Å²) >= 11 is 0. The fourth-order valence-corrected chi connectivity index (χ4v) is 1.64. The van der Waals surface area contributed by atoms with Crippen molar-refractivity contribution >= 4 is 0 Å². The lowest BCUT2D eigenvalue weighted by atomic mass is 10.2. The highest BCUT2D eigenvalue weighted by Gasteiger charge is 2.03. The van der Waals surface area contributed by atoms with Gasteiger partial charge in [-0.3, -0.25) is 4.68 Å². The molecule has 3 nitrogen and oxygen atoms in total. The van der Waals surface area contributed by atoms with Gasteiger partial charge in [0.15, 0.2) is 0 Å². The predicted octanol–water partition coefficient (Wildman–Crippen LogP) is 2.40. The van der Waals surface area contributed by atoms with Gasteiger partial charge in [-0.2, -0.15) is 5.10 Å². The van der Waals surface area contributed by atoms with E-state index in [-0.39, 0.29) is 0 Å². The second kappa shape index (κ2) is 6.40. The highest BCUT2D eigenvalue weighted by atomic mass is 15.3. The summed E-state index contributed by atoms with van der Waals surface area (Å²) < 4.78 is 2.05. The van der Waals surface area contributed by atoms with E-state index in [1.54, 1.807) is 0 Å². The Bertz CT molecular complexity index is 302. The van der Waals surface area contributed by atoms with Gasteiger partial charge in [-0.15, -0.1) is 6.58 Å². The van der Waals surface area contributed by atoms with Gasteiger partial charge in [-0.05, 0) is 26.2 Å². The van der Waals surface area contributed by atoms with E-state index in [1.807, 2.05) is 12.3 Å². The van der Waals surface area contributed by atoms with Gasteiger partial charge in [0.25, 0.3) is 0 Å². The van der Waals surface area contributed by atoms with Gasteiger partial charge < -0.3 is 5.73 Å². The standard InChI is InChI=1S/C12H21N3/c1-3-4-5-6-7-8-15-11(2)12(9-13)10-14-15/h3,10H,1,4-9,13H2,2H3. The highest BCUT2D eigenvalue weighted by molar-refractivity contribution is 5.15. The molecule has 0 amide bonds. The number of allylic oxidation sites excluding steroid dienone is 1. The molecule has 0 aliphatic carbocycles. The van der Waals surface area contributed by atoms with Crippen molar-refractivity contribution in [3.63, 3.8) is 0 Å². The molecule has 2 N–H and O–H groups in total. The van der Waals surface area contributed by atoms with E-state index < -0.39 is 0 Å². The summed E-state index contributed by atoms with van der Waals surface area (Å²) in [4.78, 5) is 0. The van der Waals surface area contributed by atoms with Gasteiger partial charge in [-0.25, -0.2) is 0 Å². The van der Waals surface area contributed by atoms with Crippen molar-refractivity contribution in [3.8, 4) is 0 Å². The Kier molecular flexibility index (Phi) is 5.12. The molecule has 0 aliphatic heterocycles. The summed E-state index contributed by atoms with van der Waals surface area (Å²) in [6.07, 6.45) is 8.62. The van der Waals surface area contributed by atoms with Gasteiger partial charge in [0.1, 0.15) is 0 Å². The van der Waals surface area contributed by atoms with Gasteiger partial charge >= 0.3 is 0 Å². The van der Waals surface area contributed by atoms with Crippen molar-refractivity contribution in [1.29, 1.82) is 0 Å². The largest absolute Gasteiger partial charge is 0.326 e. The summed E-state index contributed by atoms with van der Waals surface area (Å²) in [5, 5.41) is 4.32. The number of aromatic nitrogens is 2. The Morgan fingerprint density at radius 3 is 2.87 bits per heavy atom. The first-order chi connectivity index (χ1) is 7.29. The molecule has 1 aromatic heterocycles. The van der Waals surface area contributed by atoms with Crippen molar-refractivity contribution in [3.05, 3.63) is 30.1 Å². The Morgan fingerprint density at radius 1 is 1.47 bits per heavy atom. The Hall–Kier alpha value is -1.09. The zero-order valence-corrected chi connectivity index (χ0v) is 9.58. The minimum atomic E-state index is 0.586. The van der Waals surface area contributed by atoms with Crippen LogP contribution in [0, 0.1) is 6.92 Å². The summed E-state index contributed by atoms with van der Waals surface area (Å²) in [7, 11) is 0. The van der Waals surface area contributed by atoms with E-state index in [0.29, 0.717) is 6.54 Å². The van der Waals surface area contributed by atoms with Gasteiger partial charge in [0.2, 0.25) is 0 Å². The molecule has 3 heteroatoms. The van der Waals surface area contributed by atoms with E-state index in [9.17, 15) is 0 Å². The third-order valence-electron chi connectivity index (χ3n) is 2.70. The normalized spacial score (nSPS) is 10.5. The smallest absolute Gasteiger partial charge is 0.0537 e. The van der Waals surface area contributed by atoms with Crippen molar-refractivity contribution in [1.82, 2.24) is 9.78 Å². The lowest BCUT2D eigenvalue weighted by Crippen LogP contribution is -2.04. The fourth-order valence-electron chi connectivity index (χ4n) is 1.64. The van der Waals surface area contributed by atoms with Crippen LogP contribution < -0.4 is 5.73 Å². The lowest BCUT2D eigenvalue weighted by Gasteiger charge is -2.04. The molecule has 0 radical (unpaired) electrons. The fraction of sp³-hybridized carbons (Fsp3) is 0.583. The molecular weight excluding hydrogens is 186 g/mol. The van der Waals surface area contributed by atoms with E-state index in [2.05, 4.69) is 23.3 Å². The molecule has 0 fully saturated rings. The Balaban J connectivity index is 2.31. The molecule has 1 heterocycles. The molecule has 0 bridgehead atoms. The van der Waals surface area contributed by atoms with Crippen molar-refractivity contribution in [2.45, 2.75) is 45.7 Å². The number of nitrogens with zero attached hydrogens (tertiary/aromatic N) is 2. The Labute approximate surface area is 92.0 Å². The topological polar surface area (TPSA) is 43.8 Å². The zero-order valence-electron chi connectivity index (χ0n) is 9.58. The molecule has 1 rings (SSSR count). The third kappa shape index (κ3) is 3.51. The van der Waals surface area contributed by atoms with Crippen LogP contribution in [0.2, 0.25) is 0 Å². The second-order valence-electron chi connectivity index (χ2n) is 3.82. The van der Waals surface area contributed by atoms with Crippen LogP contribution >= 0.6 is 0 Å². The molecule has 0 unspecified atom stereocenters. The number of hydrogen-bond acceptors (Lipinski definition) is 2. The van der Waals surface area contributed by atoms with Crippen molar-refractivity contribution < 1.29 is 0 Å². The zero-order chi connectivity index (χ0) is 11.1. The first-order valence-electron chi connectivity index (χ1n) is 5.62. The predicted molar refractivity (Wildman–Crippen MR) is 63.5 cm³/mol. The van der Waals surface area contributed by atoms with E-state index in [1.165, 1.54) is 25.0 Å². The maximum Gasteiger partial charge on any atom is 0.0537 e. The van der Waals surface area contributed by atoms with E-state index in [0.717, 1.165) is 18.5 Å². The van der Waals surface area contributed by atoms with E-state index >= 15 is 0 Å². The molecule has 0 saturated carbocycles. The van der Waals surface area contributed by atoms with Crippen LogP contribution in [0.4, 0.5) is 0 Å². The number of hydrogen-bond donors (Lipinski definition) is 1. The monoisotopic (exact) mass is 207 g/mol. The van der Waals surface area contributed by atoms with Crippen LogP contribution in [0.15, 0.2) is 18.9 Å². The summed E-state index contributed by atoms with van der Waals surface area (Å²) in [5.41, 5.74) is 7.96. The third-order valence-corrected chi connectivity index (χ3v) is 2.70. The maximum atomic E-state index is 5.59. The number of rotatable bonds is 7. The average Bonchev–Trinajstić information content (AvgIpc) is 2.60.